The van der Waals surface area contributed by atoms with E-state index in [4.69, 9.17) is 15.2 Å². The van der Waals surface area contributed by atoms with Crippen LogP contribution in [-0.4, -0.2) is 30.7 Å². The van der Waals surface area contributed by atoms with E-state index in [0.717, 1.165) is 43.6 Å². The predicted molar refractivity (Wildman–Crippen MR) is 101 cm³/mol. The number of rotatable bonds is 6. The highest BCUT2D eigenvalue weighted by Crippen LogP contribution is 2.48. The van der Waals surface area contributed by atoms with E-state index < -0.39 is 0 Å². The van der Waals surface area contributed by atoms with Gasteiger partial charge in [0.2, 0.25) is 5.91 Å². The minimum atomic E-state index is 0.142. The fourth-order valence-electron chi connectivity index (χ4n) is 4.55. The van der Waals surface area contributed by atoms with Crippen LogP contribution >= 0.6 is 0 Å². The largest absolute Gasteiger partial charge is 0.494 e. The maximum absolute atomic E-state index is 12.4. The first-order valence-corrected chi connectivity index (χ1v) is 10.1. The van der Waals surface area contributed by atoms with Crippen LogP contribution in [0.4, 0.5) is 0 Å². The monoisotopic (exact) mass is 358 g/mol. The summed E-state index contributed by atoms with van der Waals surface area (Å²) in [5, 5.41) is 3.20. The van der Waals surface area contributed by atoms with Crippen molar-refractivity contribution in [2.24, 2.45) is 11.7 Å². The number of ether oxygens (including phenoxy) is 2. The summed E-state index contributed by atoms with van der Waals surface area (Å²) in [6, 6.07) is 4.66. The summed E-state index contributed by atoms with van der Waals surface area (Å²) in [5.74, 6) is 2.74. The molecule has 0 radical (unpaired) electrons. The molecule has 2 aliphatic carbocycles. The van der Waals surface area contributed by atoms with E-state index in [1.807, 2.05) is 6.92 Å². The second kappa shape index (κ2) is 7.10. The van der Waals surface area contributed by atoms with Crippen molar-refractivity contribution in [1.82, 2.24) is 5.32 Å². The van der Waals surface area contributed by atoms with Crippen LogP contribution in [0.15, 0.2) is 12.1 Å². The first-order chi connectivity index (χ1) is 12.5. The molecule has 0 aromatic heterocycles. The molecule has 0 bridgehead atoms. The molecule has 142 valence electrons. The topological polar surface area (TPSA) is 73.6 Å². The van der Waals surface area contributed by atoms with Crippen molar-refractivity contribution in [3.05, 3.63) is 23.3 Å². The number of fused-ring (bicyclic) bond motifs is 1. The van der Waals surface area contributed by atoms with Crippen molar-refractivity contribution in [2.75, 3.05) is 6.61 Å². The Bertz CT molecular complexity index is 690. The van der Waals surface area contributed by atoms with Gasteiger partial charge in [0.05, 0.1) is 6.61 Å². The summed E-state index contributed by atoms with van der Waals surface area (Å²) in [7, 11) is 0. The number of nitrogens with two attached hydrogens (primary N) is 1. The average Bonchev–Trinajstić information content (AvgIpc) is 3.06. The summed E-state index contributed by atoms with van der Waals surface area (Å²) in [4.78, 5) is 12.4. The van der Waals surface area contributed by atoms with E-state index >= 15 is 0 Å². The van der Waals surface area contributed by atoms with Gasteiger partial charge in [-0.25, -0.2) is 0 Å². The molecule has 5 nitrogen and oxygen atoms in total. The Balaban J connectivity index is 1.41. The van der Waals surface area contributed by atoms with E-state index in [1.165, 1.54) is 11.1 Å². The Labute approximate surface area is 155 Å². The standard InChI is InChI=1S/C21H30N2O3/c1-3-25-20-8-14-7-12(2)26-19(14)11-16(20)15-10-18(15)23-21(24)9-13-5-4-6-17(13)22/h8,11-13,15,17-18H,3-7,9-10,22H2,1-2H3,(H,23,24)/t12?,13-,15?,17+,18?/m0/s1. The SMILES string of the molecule is CCOc1cc2c(cc1C1CC1NC(=O)C[C@@H]1CCC[C@H]1N)OC(C)C2. The number of nitrogens with one attached hydrogen (secondary N) is 1. The highest BCUT2D eigenvalue weighted by atomic mass is 16.5. The highest BCUT2D eigenvalue weighted by molar-refractivity contribution is 5.77. The van der Waals surface area contributed by atoms with Crippen molar-refractivity contribution in [3.8, 4) is 11.5 Å². The van der Waals surface area contributed by atoms with Crippen LogP contribution < -0.4 is 20.5 Å². The molecule has 26 heavy (non-hydrogen) atoms. The zero-order chi connectivity index (χ0) is 18.3. The minimum Gasteiger partial charge on any atom is -0.494 e. The van der Waals surface area contributed by atoms with Crippen LogP contribution in [0.25, 0.3) is 0 Å². The normalized spacial score (nSPS) is 32.0. The maximum Gasteiger partial charge on any atom is 0.220 e. The van der Waals surface area contributed by atoms with Crippen molar-refractivity contribution in [2.45, 2.75) is 76.5 Å². The number of carbonyl (C=O) groups is 1. The highest BCUT2D eigenvalue weighted by Gasteiger charge is 2.42. The number of benzene rings is 1. The second-order valence-electron chi connectivity index (χ2n) is 8.14. The van der Waals surface area contributed by atoms with Gasteiger partial charge in [-0.05, 0) is 51.2 Å². The van der Waals surface area contributed by atoms with Crippen LogP contribution in [-0.2, 0) is 11.2 Å². The Morgan fingerprint density at radius 1 is 1.38 bits per heavy atom. The van der Waals surface area contributed by atoms with Gasteiger partial charge in [0, 0.05) is 42.0 Å². The number of hydrogen-bond acceptors (Lipinski definition) is 4. The Morgan fingerprint density at radius 3 is 2.96 bits per heavy atom. The smallest absolute Gasteiger partial charge is 0.220 e. The lowest BCUT2D eigenvalue weighted by molar-refractivity contribution is -0.122. The molecule has 5 heteroatoms. The number of carbonyl (C=O) groups excluding carboxylic acids is 1. The van der Waals surface area contributed by atoms with E-state index in [-0.39, 0.29) is 24.1 Å². The van der Waals surface area contributed by atoms with Gasteiger partial charge in [0.1, 0.15) is 17.6 Å². The Morgan fingerprint density at radius 2 is 2.23 bits per heavy atom. The van der Waals surface area contributed by atoms with E-state index in [2.05, 4.69) is 24.4 Å². The van der Waals surface area contributed by atoms with Crippen molar-refractivity contribution in [3.63, 3.8) is 0 Å². The summed E-state index contributed by atoms with van der Waals surface area (Å²) >= 11 is 0. The van der Waals surface area contributed by atoms with Gasteiger partial charge >= 0.3 is 0 Å². The zero-order valence-corrected chi connectivity index (χ0v) is 15.8. The average molecular weight is 358 g/mol. The lowest BCUT2D eigenvalue weighted by Gasteiger charge is -2.15. The van der Waals surface area contributed by atoms with Gasteiger partial charge in [-0.2, -0.15) is 0 Å². The van der Waals surface area contributed by atoms with Gasteiger partial charge in [-0.1, -0.05) is 6.42 Å². The third-order valence-electron chi connectivity index (χ3n) is 6.03. The van der Waals surface area contributed by atoms with Crippen LogP contribution in [0.2, 0.25) is 0 Å². The maximum atomic E-state index is 12.4. The molecule has 2 fully saturated rings. The van der Waals surface area contributed by atoms with E-state index in [1.54, 1.807) is 0 Å². The quantitative estimate of drug-likeness (QED) is 0.820. The molecule has 4 rings (SSSR count). The summed E-state index contributed by atoms with van der Waals surface area (Å²) < 4.78 is 11.8. The molecule has 3 N–H and O–H groups in total. The third-order valence-corrected chi connectivity index (χ3v) is 6.03. The van der Waals surface area contributed by atoms with Gasteiger partial charge in [0.15, 0.2) is 0 Å². The summed E-state index contributed by atoms with van der Waals surface area (Å²) in [5.41, 5.74) is 8.49. The minimum absolute atomic E-state index is 0.142. The molecule has 1 heterocycles. The zero-order valence-electron chi connectivity index (χ0n) is 15.8. The van der Waals surface area contributed by atoms with Crippen molar-refractivity contribution >= 4 is 5.91 Å². The van der Waals surface area contributed by atoms with Crippen molar-refractivity contribution in [1.29, 1.82) is 0 Å². The fourth-order valence-corrected chi connectivity index (χ4v) is 4.55. The van der Waals surface area contributed by atoms with Gasteiger partial charge < -0.3 is 20.5 Å². The molecule has 2 saturated carbocycles. The first-order valence-electron chi connectivity index (χ1n) is 10.1. The summed E-state index contributed by atoms with van der Waals surface area (Å²) in [6.45, 7) is 4.74. The van der Waals surface area contributed by atoms with E-state index in [9.17, 15) is 4.79 Å². The molecule has 1 aromatic carbocycles. The molecule has 0 saturated heterocycles. The number of hydrogen-bond donors (Lipinski definition) is 2. The fraction of sp³-hybridized carbons (Fsp3) is 0.667. The Hall–Kier alpha value is -1.75. The molecular weight excluding hydrogens is 328 g/mol. The van der Waals surface area contributed by atoms with Crippen LogP contribution in [0, 0.1) is 5.92 Å². The second-order valence-corrected chi connectivity index (χ2v) is 8.14. The molecule has 3 aliphatic rings. The molecule has 3 unspecified atom stereocenters. The van der Waals surface area contributed by atoms with Crippen LogP contribution in [0.1, 0.15) is 63.0 Å². The van der Waals surface area contributed by atoms with Crippen LogP contribution in [0.5, 0.6) is 11.5 Å². The number of amides is 1. The van der Waals surface area contributed by atoms with Gasteiger partial charge in [-0.15, -0.1) is 0 Å². The van der Waals surface area contributed by atoms with Gasteiger partial charge in [0.25, 0.3) is 0 Å². The Kier molecular flexibility index (Phi) is 4.82. The lowest BCUT2D eigenvalue weighted by Crippen LogP contribution is -2.33. The van der Waals surface area contributed by atoms with Gasteiger partial charge in [-0.3, -0.25) is 4.79 Å². The summed E-state index contributed by atoms with van der Waals surface area (Å²) in [6.07, 6.45) is 5.97. The van der Waals surface area contributed by atoms with Crippen LogP contribution in [0.3, 0.4) is 0 Å². The predicted octanol–water partition coefficient (Wildman–Crippen LogP) is 2.90. The molecule has 0 spiro atoms. The lowest BCUT2D eigenvalue weighted by atomic mass is 10.00. The molecule has 1 aromatic rings. The molecule has 1 aliphatic heterocycles. The molecule has 1 amide bonds. The molecular formula is C21H30N2O3. The third kappa shape index (κ3) is 3.54. The van der Waals surface area contributed by atoms with E-state index in [0.29, 0.717) is 24.9 Å². The first kappa shape index (κ1) is 17.7. The van der Waals surface area contributed by atoms with Crippen molar-refractivity contribution < 1.29 is 14.3 Å². The molecule has 5 atom stereocenters.